The summed E-state index contributed by atoms with van der Waals surface area (Å²) < 4.78 is 15.7. The van der Waals surface area contributed by atoms with Gasteiger partial charge in [-0.25, -0.2) is 9.69 Å². The van der Waals surface area contributed by atoms with Crippen molar-refractivity contribution >= 4 is 29.3 Å². The quantitative estimate of drug-likeness (QED) is 0.212. The Morgan fingerprint density at radius 1 is 0.786 bits per heavy atom. The first-order valence-corrected chi connectivity index (χ1v) is 15.1. The third-order valence-corrected chi connectivity index (χ3v) is 8.88. The zero-order valence-corrected chi connectivity index (χ0v) is 24.5. The van der Waals surface area contributed by atoms with Crippen molar-refractivity contribution in [3.63, 3.8) is 0 Å². The van der Waals surface area contributed by atoms with Crippen LogP contribution in [0.15, 0.2) is 42.5 Å². The molecule has 5 rings (SSSR count). The molecular formula is C33H40N2O7. The van der Waals surface area contributed by atoms with Crippen LogP contribution in [0.2, 0.25) is 0 Å². The number of rotatable bonds is 10. The number of anilines is 1. The van der Waals surface area contributed by atoms with Gasteiger partial charge in [0.15, 0.2) is 23.9 Å². The maximum atomic E-state index is 13.8. The van der Waals surface area contributed by atoms with Gasteiger partial charge in [0, 0.05) is 17.6 Å². The molecule has 9 nitrogen and oxygen atoms in total. The van der Waals surface area contributed by atoms with Crippen LogP contribution in [-0.2, 0) is 14.3 Å². The number of Topliss-reactive ketones (excluding diaryl/α,β-unsaturated/α-hetero) is 1. The van der Waals surface area contributed by atoms with E-state index in [1.807, 2.05) is 0 Å². The number of methoxy groups -OCH3 is 2. The van der Waals surface area contributed by atoms with Crippen LogP contribution in [-0.4, -0.2) is 67.4 Å². The molecule has 3 aliphatic rings. The Kier molecular flexibility index (Phi) is 9.57. The van der Waals surface area contributed by atoms with E-state index in [2.05, 4.69) is 4.90 Å². The zero-order valence-electron chi connectivity index (χ0n) is 24.5. The van der Waals surface area contributed by atoms with Crippen LogP contribution in [0, 0.1) is 0 Å². The van der Waals surface area contributed by atoms with Crippen molar-refractivity contribution in [2.24, 2.45) is 0 Å². The van der Waals surface area contributed by atoms with Gasteiger partial charge in [-0.2, -0.15) is 0 Å². The normalized spacial score (nSPS) is 20.2. The van der Waals surface area contributed by atoms with Crippen LogP contribution in [0.25, 0.3) is 0 Å². The van der Waals surface area contributed by atoms with Gasteiger partial charge in [-0.1, -0.05) is 38.5 Å². The number of hydrogen-bond acceptors (Lipinski definition) is 8. The first-order chi connectivity index (χ1) is 20.4. The van der Waals surface area contributed by atoms with Gasteiger partial charge in [-0.15, -0.1) is 0 Å². The van der Waals surface area contributed by atoms with Crippen LogP contribution >= 0.6 is 0 Å². The lowest BCUT2D eigenvalue weighted by Crippen LogP contribution is -2.53. The molecule has 0 N–H and O–H groups in total. The minimum absolute atomic E-state index is 0.174. The fraction of sp³-hybridized carbons (Fsp3) is 0.515. The van der Waals surface area contributed by atoms with E-state index in [0.717, 1.165) is 25.7 Å². The summed E-state index contributed by atoms with van der Waals surface area (Å²) in [6.07, 6.45) is 11.7. The number of imide groups is 1. The largest absolute Gasteiger partial charge is 0.493 e. The molecule has 224 valence electrons. The molecule has 2 aliphatic carbocycles. The van der Waals surface area contributed by atoms with Crippen molar-refractivity contribution < 1.29 is 33.4 Å². The van der Waals surface area contributed by atoms with Gasteiger partial charge in [-0.05, 0) is 68.1 Å². The lowest BCUT2D eigenvalue weighted by atomic mass is 9.87. The Bertz CT molecular complexity index is 1280. The number of ether oxygens (including phenoxy) is 3. The van der Waals surface area contributed by atoms with E-state index in [1.54, 1.807) is 24.3 Å². The molecule has 0 bridgehead atoms. The number of carbonyl (C=O) groups is 4. The maximum Gasteiger partial charge on any atom is 0.338 e. The van der Waals surface area contributed by atoms with Crippen LogP contribution in [0.1, 0.15) is 91.3 Å². The molecule has 1 saturated heterocycles. The van der Waals surface area contributed by atoms with Crippen molar-refractivity contribution in [2.75, 3.05) is 25.7 Å². The third-order valence-electron chi connectivity index (χ3n) is 8.88. The van der Waals surface area contributed by atoms with Crippen molar-refractivity contribution in [3.8, 4) is 11.5 Å². The summed E-state index contributed by atoms with van der Waals surface area (Å²) in [5.41, 5.74) is 0.991. The summed E-state index contributed by atoms with van der Waals surface area (Å²) in [6, 6.07) is 11.2. The minimum Gasteiger partial charge on any atom is -0.493 e. The fourth-order valence-electron chi connectivity index (χ4n) is 6.74. The number of amides is 2. The summed E-state index contributed by atoms with van der Waals surface area (Å²) in [5, 5.41) is 0. The van der Waals surface area contributed by atoms with E-state index in [4.69, 9.17) is 14.2 Å². The minimum atomic E-state index is -0.673. The zero-order chi connectivity index (χ0) is 29.6. The fourth-order valence-corrected chi connectivity index (χ4v) is 6.74. The predicted molar refractivity (Wildman–Crippen MR) is 157 cm³/mol. The van der Waals surface area contributed by atoms with Gasteiger partial charge in [0.05, 0.1) is 37.9 Å². The lowest BCUT2D eigenvalue weighted by Gasteiger charge is -2.44. The second-order valence-electron chi connectivity index (χ2n) is 11.4. The second-order valence-corrected chi connectivity index (χ2v) is 11.4. The molecule has 0 radical (unpaired) electrons. The Labute approximate surface area is 247 Å². The average Bonchev–Trinajstić information content (AvgIpc) is 3.33. The van der Waals surface area contributed by atoms with Gasteiger partial charge in [0.2, 0.25) is 5.91 Å². The highest BCUT2D eigenvalue weighted by Gasteiger charge is 2.47. The standard InChI is InChI=1S/C33H40N2O7/c1-40-29-18-15-23(19-30(29)41-2)28(36)21-42-33(39)22-13-16-26(17-14-22)35-31(37)20-27(32(35)38)34(24-9-5-3-6-10-24)25-11-7-4-8-12-25/h13-19,24-25,27H,3-12,20-21H2,1-2H3. The Balaban J connectivity index is 1.24. The monoisotopic (exact) mass is 576 g/mol. The molecule has 1 atom stereocenters. The van der Waals surface area contributed by atoms with E-state index in [1.165, 1.54) is 75.8 Å². The van der Waals surface area contributed by atoms with Crippen LogP contribution in [0.3, 0.4) is 0 Å². The van der Waals surface area contributed by atoms with E-state index < -0.39 is 18.6 Å². The summed E-state index contributed by atoms with van der Waals surface area (Å²) in [5.74, 6) is -0.555. The van der Waals surface area contributed by atoms with Crippen LogP contribution < -0.4 is 14.4 Å². The molecule has 1 aliphatic heterocycles. The number of hydrogen-bond donors (Lipinski definition) is 0. The van der Waals surface area contributed by atoms with Crippen molar-refractivity contribution in [1.82, 2.24) is 4.90 Å². The van der Waals surface area contributed by atoms with Gasteiger partial charge in [-0.3, -0.25) is 19.3 Å². The van der Waals surface area contributed by atoms with Gasteiger partial charge < -0.3 is 14.2 Å². The average molecular weight is 577 g/mol. The molecule has 3 fully saturated rings. The number of esters is 1. The van der Waals surface area contributed by atoms with Crippen molar-refractivity contribution in [2.45, 2.75) is 88.8 Å². The summed E-state index contributed by atoms with van der Waals surface area (Å²) in [4.78, 5) is 56.0. The smallest absolute Gasteiger partial charge is 0.338 e. The van der Waals surface area contributed by atoms with E-state index in [-0.39, 0.29) is 29.6 Å². The molecule has 1 unspecified atom stereocenters. The van der Waals surface area contributed by atoms with Crippen molar-refractivity contribution in [3.05, 3.63) is 53.6 Å². The van der Waals surface area contributed by atoms with Gasteiger partial charge in [0.25, 0.3) is 5.91 Å². The van der Waals surface area contributed by atoms with Gasteiger partial charge >= 0.3 is 5.97 Å². The first kappa shape index (κ1) is 29.8. The third kappa shape index (κ3) is 6.36. The van der Waals surface area contributed by atoms with Crippen LogP contribution in [0.4, 0.5) is 5.69 Å². The molecule has 0 aromatic heterocycles. The highest BCUT2D eigenvalue weighted by molar-refractivity contribution is 6.22. The molecule has 2 aromatic carbocycles. The first-order valence-electron chi connectivity index (χ1n) is 15.1. The molecule has 2 amide bonds. The molecule has 42 heavy (non-hydrogen) atoms. The molecule has 9 heteroatoms. The highest BCUT2D eigenvalue weighted by Crippen LogP contribution is 2.36. The number of carbonyl (C=O) groups excluding carboxylic acids is 4. The highest BCUT2D eigenvalue weighted by atomic mass is 16.5. The van der Waals surface area contributed by atoms with Crippen molar-refractivity contribution in [1.29, 1.82) is 0 Å². The number of ketones is 1. The Morgan fingerprint density at radius 2 is 1.36 bits per heavy atom. The maximum absolute atomic E-state index is 13.8. The summed E-state index contributed by atoms with van der Waals surface area (Å²) in [6.45, 7) is -0.445. The van der Waals surface area contributed by atoms with E-state index in [9.17, 15) is 19.2 Å². The number of benzene rings is 2. The SMILES string of the molecule is COc1ccc(C(=O)COC(=O)c2ccc(N3C(=O)CC(N(C4CCCCC4)C4CCCCC4)C3=O)cc2)cc1OC. The molecule has 0 spiro atoms. The Morgan fingerprint density at radius 3 is 1.93 bits per heavy atom. The van der Waals surface area contributed by atoms with E-state index >= 15 is 0 Å². The number of nitrogens with zero attached hydrogens (tertiary/aromatic N) is 2. The van der Waals surface area contributed by atoms with Gasteiger partial charge in [0.1, 0.15) is 0 Å². The topological polar surface area (TPSA) is 102 Å². The Hall–Kier alpha value is -3.72. The molecule has 1 heterocycles. The molecule has 2 aromatic rings. The van der Waals surface area contributed by atoms with Crippen LogP contribution in [0.5, 0.6) is 11.5 Å². The molecular weight excluding hydrogens is 536 g/mol. The lowest BCUT2D eigenvalue weighted by molar-refractivity contribution is -0.124. The predicted octanol–water partition coefficient (Wildman–Crippen LogP) is 5.34. The second kappa shape index (κ2) is 13.5. The summed E-state index contributed by atoms with van der Waals surface area (Å²) >= 11 is 0. The van der Waals surface area contributed by atoms with E-state index in [0.29, 0.717) is 34.8 Å². The molecule has 2 saturated carbocycles. The summed E-state index contributed by atoms with van der Waals surface area (Å²) in [7, 11) is 2.98.